The second kappa shape index (κ2) is 10.6. The molecule has 0 unspecified atom stereocenters. The van der Waals surface area contributed by atoms with Gasteiger partial charge >= 0.3 is 5.97 Å². The van der Waals surface area contributed by atoms with E-state index in [1.807, 2.05) is 6.07 Å². The van der Waals surface area contributed by atoms with Gasteiger partial charge in [0, 0.05) is 10.0 Å². The number of aromatic nitrogens is 1. The molecule has 36 heavy (non-hydrogen) atoms. The Labute approximate surface area is 227 Å². The summed E-state index contributed by atoms with van der Waals surface area (Å²) in [5, 5.41) is 10.6. The number of thiazole rings is 1. The number of hydrogen-bond acceptors (Lipinski definition) is 8. The summed E-state index contributed by atoms with van der Waals surface area (Å²) in [5.74, 6) is 0.248. The highest BCUT2D eigenvalue weighted by molar-refractivity contribution is 9.10. The number of esters is 1. The molecule has 1 aromatic heterocycles. The van der Waals surface area contributed by atoms with E-state index in [4.69, 9.17) is 14.2 Å². The number of nitrogens with zero attached hydrogens (tertiary/aromatic N) is 2. The van der Waals surface area contributed by atoms with Crippen molar-refractivity contribution in [2.45, 2.75) is 19.9 Å². The van der Waals surface area contributed by atoms with Gasteiger partial charge in [-0.15, -0.1) is 0 Å². The molecule has 0 saturated carbocycles. The van der Waals surface area contributed by atoms with Crippen molar-refractivity contribution in [3.63, 3.8) is 0 Å². The van der Waals surface area contributed by atoms with Crippen molar-refractivity contribution < 1.29 is 24.1 Å². The summed E-state index contributed by atoms with van der Waals surface area (Å²) in [6.45, 7) is 3.63. The van der Waals surface area contributed by atoms with Gasteiger partial charge in [0.25, 0.3) is 5.56 Å². The first-order valence-corrected chi connectivity index (χ1v) is 13.2. The Kier molecular flexibility index (Phi) is 7.72. The summed E-state index contributed by atoms with van der Waals surface area (Å²) >= 11 is 8.06. The molecule has 0 spiro atoms. The minimum atomic E-state index is -0.768. The summed E-state index contributed by atoms with van der Waals surface area (Å²) in [6, 6.07) is 7.92. The molecule has 2 heterocycles. The molecule has 0 aliphatic carbocycles. The number of halogens is 2. The van der Waals surface area contributed by atoms with Crippen LogP contribution in [0, 0.1) is 0 Å². The van der Waals surface area contributed by atoms with Gasteiger partial charge in [-0.2, -0.15) is 0 Å². The van der Waals surface area contributed by atoms with Crippen molar-refractivity contribution in [1.82, 2.24) is 4.57 Å². The molecule has 1 atom stereocenters. The van der Waals surface area contributed by atoms with Crippen molar-refractivity contribution in [1.29, 1.82) is 0 Å². The summed E-state index contributed by atoms with van der Waals surface area (Å²) in [7, 11) is 3.01. The Balaban J connectivity index is 1.99. The fraction of sp³-hybridized carbons (Fsp3) is 0.240. The lowest BCUT2D eigenvalue weighted by atomic mass is 9.96. The molecule has 4 rings (SSSR count). The number of phenolic OH excluding ortho intramolecular Hbond substituents is 1. The third kappa shape index (κ3) is 4.74. The SMILES string of the molecule is CCOC(=O)C1=C(C)N=c2s/c(=C/c3cc(Br)cc(OC)c3O)c(=O)n2[C@H]1c1ccc(OC)c(Br)c1. The largest absolute Gasteiger partial charge is 0.504 e. The van der Waals surface area contributed by atoms with Crippen LogP contribution >= 0.6 is 43.2 Å². The summed E-state index contributed by atoms with van der Waals surface area (Å²) < 4.78 is 19.1. The van der Waals surface area contributed by atoms with E-state index in [0.717, 1.165) is 11.3 Å². The number of rotatable bonds is 6. The van der Waals surface area contributed by atoms with Crippen molar-refractivity contribution in [3.05, 3.63) is 81.4 Å². The molecule has 1 N–H and O–H groups in total. The van der Waals surface area contributed by atoms with Crippen LogP contribution in [-0.4, -0.2) is 36.5 Å². The number of methoxy groups -OCH3 is 2. The molecule has 1 aliphatic heterocycles. The molecule has 1 aliphatic rings. The molecule has 0 saturated heterocycles. The fourth-order valence-corrected chi connectivity index (χ4v) is 6.01. The van der Waals surface area contributed by atoms with E-state index >= 15 is 0 Å². The van der Waals surface area contributed by atoms with Gasteiger partial charge < -0.3 is 19.3 Å². The Hall–Kier alpha value is -2.89. The summed E-state index contributed by atoms with van der Waals surface area (Å²) in [6.07, 6.45) is 1.58. The topological polar surface area (TPSA) is 99.4 Å². The summed E-state index contributed by atoms with van der Waals surface area (Å²) in [4.78, 5) is 31.8. The lowest BCUT2D eigenvalue weighted by molar-refractivity contribution is -0.139. The monoisotopic (exact) mass is 636 g/mol. The molecule has 188 valence electrons. The number of aromatic hydroxyl groups is 1. The molecule has 0 bridgehead atoms. The van der Waals surface area contributed by atoms with E-state index in [1.165, 1.54) is 11.7 Å². The van der Waals surface area contributed by atoms with Gasteiger partial charge in [0.1, 0.15) is 5.75 Å². The number of carbonyl (C=O) groups is 1. The Morgan fingerprint density at radius 3 is 2.56 bits per heavy atom. The highest BCUT2D eigenvalue weighted by atomic mass is 79.9. The van der Waals surface area contributed by atoms with Crippen LogP contribution in [0.15, 0.2) is 60.3 Å². The minimum Gasteiger partial charge on any atom is -0.504 e. The van der Waals surface area contributed by atoms with Crippen molar-refractivity contribution in [2.75, 3.05) is 20.8 Å². The van der Waals surface area contributed by atoms with Crippen LogP contribution in [0.25, 0.3) is 6.08 Å². The molecule has 0 radical (unpaired) electrons. The van der Waals surface area contributed by atoms with Crippen LogP contribution < -0.4 is 24.4 Å². The molecule has 0 fully saturated rings. The zero-order chi connectivity index (χ0) is 26.1. The van der Waals surface area contributed by atoms with E-state index in [-0.39, 0.29) is 29.2 Å². The summed E-state index contributed by atoms with van der Waals surface area (Å²) in [5.41, 5.74) is 1.46. The van der Waals surface area contributed by atoms with E-state index in [0.29, 0.717) is 40.9 Å². The van der Waals surface area contributed by atoms with Crippen molar-refractivity contribution in [2.24, 2.45) is 4.99 Å². The second-order valence-electron chi connectivity index (χ2n) is 7.74. The number of ether oxygens (including phenoxy) is 3. The van der Waals surface area contributed by atoms with Crippen LogP contribution in [0.3, 0.4) is 0 Å². The Bertz CT molecular complexity index is 1570. The standard InChI is InChI=1S/C25H22Br2N2O6S/c1-5-35-24(32)20-12(2)28-25-29(21(20)13-6-7-17(33-3)16(27)9-13)23(31)19(36-25)10-14-8-15(26)11-18(34-4)22(14)30/h6-11,21,30H,5H2,1-4H3/b19-10+/t21-/m0/s1. The van der Waals surface area contributed by atoms with Gasteiger partial charge in [-0.1, -0.05) is 33.3 Å². The fourth-order valence-electron chi connectivity index (χ4n) is 3.96. The first-order chi connectivity index (χ1) is 17.2. The van der Waals surface area contributed by atoms with Crippen molar-refractivity contribution in [3.8, 4) is 17.2 Å². The number of fused-ring (bicyclic) bond motifs is 1. The van der Waals surface area contributed by atoms with Crippen LogP contribution in [0.1, 0.15) is 31.0 Å². The van der Waals surface area contributed by atoms with Crippen LogP contribution in [-0.2, 0) is 9.53 Å². The van der Waals surface area contributed by atoms with Crippen LogP contribution in [0.2, 0.25) is 0 Å². The number of carbonyl (C=O) groups excluding carboxylic acids is 1. The maximum Gasteiger partial charge on any atom is 0.338 e. The van der Waals surface area contributed by atoms with Crippen LogP contribution in [0.5, 0.6) is 17.2 Å². The van der Waals surface area contributed by atoms with Crippen molar-refractivity contribution >= 4 is 55.2 Å². The zero-order valence-electron chi connectivity index (χ0n) is 19.8. The lowest BCUT2D eigenvalue weighted by Gasteiger charge is -2.25. The quantitative estimate of drug-likeness (QED) is 0.410. The smallest absolute Gasteiger partial charge is 0.338 e. The molecule has 3 aromatic rings. The first kappa shape index (κ1) is 26.2. The second-order valence-corrected chi connectivity index (χ2v) is 10.5. The first-order valence-electron chi connectivity index (χ1n) is 10.8. The van der Waals surface area contributed by atoms with Gasteiger partial charge in [-0.25, -0.2) is 9.79 Å². The van der Waals surface area contributed by atoms with E-state index in [9.17, 15) is 14.7 Å². The van der Waals surface area contributed by atoms with E-state index in [1.54, 1.807) is 51.3 Å². The minimum absolute atomic E-state index is 0.0921. The molecular formula is C25H22Br2N2O6S. The van der Waals surface area contributed by atoms with Gasteiger partial charge in [0.15, 0.2) is 16.3 Å². The average Bonchev–Trinajstić information content (AvgIpc) is 3.14. The number of phenols is 1. The Morgan fingerprint density at radius 1 is 1.19 bits per heavy atom. The lowest BCUT2D eigenvalue weighted by Crippen LogP contribution is -2.40. The maximum atomic E-state index is 13.7. The average molecular weight is 638 g/mol. The van der Waals surface area contributed by atoms with Gasteiger partial charge in [-0.3, -0.25) is 9.36 Å². The predicted molar refractivity (Wildman–Crippen MR) is 143 cm³/mol. The van der Waals surface area contributed by atoms with Crippen LogP contribution in [0.4, 0.5) is 0 Å². The number of hydrogen-bond donors (Lipinski definition) is 1. The van der Waals surface area contributed by atoms with E-state index < -0.39 is 12.0 Å². The predicted octanol–water partition coefficient (Wildman–Crippen LogP) is 4.05. The van der Waals surface area contributed by atoms with E-state index in [2.05, 4.69) is 36.9 Å². The Morgan fingerprint density at radius 2 is 1.92 bits per heavy atom. The van der Waals surface area contributed by atoms with Gasteiger partial charge in [-0.05, 0) is 65.7 Å². The van der Waals surface area contributed by atoms with Gasteiger partial charge in [0.05, 0.1) is 47.1 Å². The normalized spacial score (nSPS) is 15.4. The molecule has 11 heteroatoms. The molecule has 2 aromatic carbocycles. The highest BCUT2D eigenvalue weighted by Crippen LogP contribution is 2.36. The van der Waals surface area contributed by atoms with Gasteiger partial charge in [0.2, 0.25) is 0 Å². The third-order valence-corrected chi connectivity index (χ3v) is 7.64. The molecule has 8 nitrogen and oxygen atoms in total. The number of allylic oxidation sites excluding steroid dienone is 1. The third-order valence-electron chi connectivity index (χ3n) is 5.58. The zero-order valence-corrected chi connectivity index (χ0v) is 23.8. The highest BCUT2D eigenvalue weighted by Gasteiger charge is 2.33. The maximum absolute atomic E-state index is 13.7. The molecule has 0 amide bonds. The number of benzene rings is 2. The molecular weight excluding hydrogens is 616 g/mol.